The first-order valence-electron chi connectivity index (χ1n) is 6.87. The number of hydrogen-bond donors (Lipinski definition) is 3. The van der Waals surface area contributed by atoms with Crippen LogP contribution in [0, 0.1) is 6.92 Å². The van der Waals surface area contributed by atoms with Gasteiger partial charge >= 0.3 is 5.97 Å². The number of rotatable bonds is 6. The van der Waals surface area contributed by atoms with Crippen molar-refractivity contribution in [3.63, 3.8) is 0 Å². The van der Waals surface area contributed by atoms with Gasteiger partial charge in [0.15, 0.2) is 0 Å². The number of carbonyl (C=O) groups is 1. The van der Waals surface area contributed by atoms with Gasteiger partial charge in [-0.2, -0.15) is 4.72 Å². The average Bonchev–Trinajstić information content (AvgIpc) is 2.49. The summed E-state index contributed by atoms with van der Waals surface area (Å²) < 4.78 is 26.8. The van der Waals surface area contributed by atoms with Crippen molar-refractivity contribution in [1.82, 2.24) is 4.72 Å². The van der Waals surface area contributed by atoms with Gasteiger partial charge in [-0.15, -0.1) is 0 Å². The van der Waals surface area contributed by atoms with Crippen LogP contribution in [0.3, 0.4) is 0 Å². The predicted molar refractivity (Wildman–Crippen MR) is 84.7 cm³/mol. The maximum absolute atomic E-state index is 12.3. The molecule has 122 valence electrons. The van der Waals surface area contributed by atoms with Crippen molar-refractivity contribution in [2.45, 2.75) is 24.3 Å². The molecule has 0 saturated heterocycles. The second-order valence-electron chi connectivity index (χ2n) is 5.20. The number of benzene rings is 2. The first kappa shape index (κ1) is 17.0. The number of carboxylic acids is 1. The molecule has 1 unspecified atom stereocenters. The van der Waals surface area contributed by atoms with E-state index in [9.17, 15) is 23.4 Å². The summed E-state index contributed by atoms with van der Waals surface area (Å²) in [6.45, 7) is 1.83. The zero-order valence-electron chi connectivity index (χ0n) is 12.4. The van der Waals surface area contributed by atoms with Crippen molar-refractivity contribution < 1.29 is 23.4 Å². The van der Waals surface area contributed by atoms with Crippen molar-refractivity contribution in [2.24, 2.45) is 0 Å². The Morgan fingerprint density at radius 2 is 1.65 bits per heavy atom. The van der Waals surface area contributed by atoms with Crippen molar-refractivity contribution in [3.05, 3.63) is 59.7 Å². The summed E-state index contributed by atoms with van der Waals surface area (Å²) in [5.74, 6) is -1.21. The Morgan fingerprint density at radius 3 is 2.17 bits per heavy atom. The second-order valence-corrected chi connectivity index (χ2v) is 6.91. The SMILES string of the molecule is Cc1ccc(S(=O)(=O)NC(Cc2ccc(O)cc2)C(=O)O)cc1. The van der Waals surface area contributed by atoms with Gasteiger partial charge in [-0.1, -0.05) is 29.8 Å². The van der Waals surface area contributed by atoms with E-state index in [0.717, 1.165) is 5.56 Å². The summed E-state index contributed by atoms with van der Waals surface area (Å²) in [6.07, 6.45) is -0.0271. The lowest BCUT2D eigenvalue weighted by atomic mass is 10.1. The Morgan fingerprint density at radius 1 is 1.09 bits per heavy atom. The summed E-state index contributed by atoms with van der Waals surface area (Å²) in [7, 11) is -3.93. The number of carboxylic acid groups (broad SMARTS) is 1. The Hall–Kier alpha value is -2.38. The molecular weight excluding hydrogens is 318 g/mol. The molecular formula is C16H17NO5S. The van der Waals surface area contributed by atoms with E-state index in [-0.39, 0.29) is 17.1 Å². The zero-order chi connectivity index (χ0) is 17.0. The lowest BCUT2D eigenvalue weighted by molar-refractivity contribution is -0.138. The number of phenols is 1. The van der Waals surface area contributed by atoms with Gasteiger partial charge in [-0.05, 0) is 43.2 Å². The first-order valence-corrected chi connectivity index (χ1v) is 8.36. The molecule has 6 nitrogen and oxygen atoms in total. The van der Waals surface area contributed by atoms with E-state index in [0.29, 0.717) is 5.56 Å². The molecule has 0 radical (unpaired) electrons. The van der Waals surface area contributed by atoms with Gasteiger partial charge < -0.3 is 10.2 Å². The molecule has 23 heavy (non-hydrogen) atoms. The van der Waals surface area contributed by atoms with Crippen LogP contribution in [0.15, 0.2) is 53.4 Å². The first-order chi connectivity index (χ1) is 10.8. The van der Waals surface area contributed by atoms with Crippen LogP contribution >= 0.6 is 0 Å². The van der Waals surface area contributed by atoms with Crippen molar-refractivity contribution >= 4 is 16.0 Å². The molecule has 0 aliphatic carbocycles. The number of sulfonamides is 1. The van der Waals surface area contributed by atoms with Crippen LogP contribution in [0.1, 0.15) is 11.1 Å². The van der Waals surface area contributed by atoms with Crippen LogP contribution in [0.25, 0.3) is 0 Å². The van der Waals surface area contributed by atoms with E-state index in [1.807, 2.05) is 6.92 Å². The average molecular weight is 335 g/mol. The highest BCUT2D eigenvalue weighted by molar-refractivity contribution is 7.89. The molecule has 2 rings (SSSR count). The van der Waals surface area contributed by atoms with Crippen molar-refractivity contribution in [1.29, 1.82) is 0 Å². The lowest BCUT2D eigenvalue weighted by Crippen LogP contribution is -2.42. The van der Waals surface area contributed by atoms with Gasteiger partial charge in [-0.3, -0.25) is 4.79 Å². The number of hydrogen-bond acceptors (Lipinski definition) is 4. The van der Waals surface area contributed by atoms with E-state index >= 15 is 0 Å². The fourth-order valence-electron chi connectivity index (χ4n) is 2.02. The molecule has 0 fully saturated rings. The molecule has 0 spiro atoms. The monoisotopic (exact) mass is 335 g/mol. The Labute approximate surface area is 134 Å². The number of aliphatic carboxylic acids is 1. The van der Waals surface area contributed by atoms with E-state index in [1.54, 1.807) is 24.3 Å². The fourth-order valence-corrected chi connectivity index (χ4v) is 3.21. The van der Waals surface area contributed by atoms with Gasteiger partial charge in [0.05, 0.1) is 4.90 Å². The third-order valence-corrected chi connectivity index (χ3v) is 4.79. The van der Waals surface area contributed by atoms with Crippen molar-refractivity contribution in [3.8, 4) is 5.75 Å². The van der Waals surface area contributed by atoms with Crippen LogP contribution in [-0.2, 0) is 21.2 Å². The minimum Gasteiger partial charge on any atom is -0.508 e. The summed E-state index contributed by atoms with van der Waals surface area (Å²) >= 11 is 0. The molecule has 0 aliphatic heterocycles. The second kappa shape index (κ2) is 6.80. The highest BCUT2D eigenvalue weighted by atomic mass is 32.2. The normalized spacial score (nSPS) is 12.7. The topological polar surface area (TPSA) is 104 Å². The molecule has 0 aromatic heterocycles. The molecule has 1 atom stereocenters. The number of phenolic OH excluding ortho intramolecular Hbond substituents is 1. The number of nitrogens with one attached hydrogen (secondary N) is 1. The smallest absolute Gasteiger partial charge is 0.322 e. The minimum absolute atomic E-state index is 0.0139. The van der Waals surface area contributed by atoms with E-state index in [1.165, 1.54) is 24.3 Å². The van der Waals surface area contributed by atoms with Crippen molar-refractivity contribution in [2.75, 3.05) is 0 Å². The zero-order valence-corrected chi connectivity index (χ0v) is 13.2. The van der Waals surface area contributed by atoms with Crippen LogP contribution in [-0.4, -0.2) is 30.6 Å². The predicted octanol–water partition coefficient (Wildman–Crippen LogP) is 1.67. The maximum Gasteiger partial charge on any atom is 0.322 e. The lowest BCUT2D eigenvalue weighted by Gasteiger charge is -2.15. The third-order valence-electron chi connectivity index (χ3n) is 3.30. The molecule has 3 N–H and O–H groups in total. The highest BCUT2D eigenvalue weighted by Crippen LogP contribution is 2.14. The molecule has 0 heterocycles. The molecule has 0 saturated carbocycles. The quantitative estimate of drug-likeness (QED) is 0.745. The fraction of sp³-hybridized carbons (Fsp3) is 0.188. The standard InChI is InChI=1S/C16H17NO5S/c1-11-2-8-14(9-3-11)23(21,22)17-15(16(19)20)10-12-4-6-13(18)7-5-12/h2-9,15,17-18H,10H2,1H3,(H,19,20). The summed E-state index contributed by atoms with van der Waals surface area (Å²) in [5, 5.41) is 18.5. The highest BCUT2D eigenvalue weighted by Gasteiger charge is 2.25. The molecule has 0 bridgehead atoms. The van der Waals surface area contributed by atoms with E-state index in [2.05, 4.69) is 4.72 Å². The summed E-state index contributed by atoms with van der Waals surface area (Å²) in [6, 6.07) is 10.8. The molecule has 2 aromatic rings. The number of aryl methyl sites for hydroxylation is 1. The summed E-state index contributed by atoms with van der Waals surface area (Å²) in [5.41, 5.74) is 1.50. The maximum atomic E-state index is 12.3. The van der Waals surface area contributed by atoms with Gasteiger partial charge in [0.25, 0.3) is 0 Å². The molecule has 2 aromatic carbocycles. The van der Waals surface area contributed by atoms with Gasteiger partial charge in [0.1, 0.15) is 11.8 Å². The van der Waals surface area contributed by atoms with Crippen LogP contribution in [0.2, 0.25) is 0 Å². The van der Waals surface area contributed by atoms with E-state index < -0.39 is 22.0 Å². The Bertz CT molecular complexity index is 782. The summed E-state index contributed by atoms with van der Waals surface area (Å²) in [4.78, 5) is 11.4. The largest absolute Gasteiger partial charge is 0.508 e. The third kappa shape index (κ3) is 4.54. The molecule has 7 heteroatoms. The Kier molecular flexibility index (Phi) is 5.02. The Balaban J connectivity index is 2.20. The van der Waals surface area contributed by atoms with Crippen LogP contribution in [0.5, 0.6) is 5.75 Å². The molecule has 0 amide bonds. The van der Waals surface area contributed by atoms with Crippen LogP contribution in [0.4, 0.5) is 0 Å². The molecule has 0 aliphatic rings. The van der Waals surface area contributed by atoms with E-state index in [4.69, 9.17) is 0 Å². The van der Waals surface area contributed by atoms with Gasteiger partial charge in [-0.25, -0.2) is 8.42 Å². The number of aromatic hydroxyl groups is 1. The van der Waals surface area contributed by atoms with Gasteiger partial charge in [0, 0.05) is 0 Å². The minimum atomic E-state index is -3.93. The van der Waals surface area contributed by atoms with Gasteiger partial charge in [0.2, 0.25) is 10.0 Å². The van der Waals surface area contributed by atoms with Crippen LogP contribution < -0.4 is 4.72 Å².